The zero-order valence-corrected chi connectivity index (χ0v) is 13.0. The molecule has 120 valence electrons. The van der Waals surface area contributed by atoms with E-state index < -0.39 is 5.66 Å². The first-order valence-electron chi connectivity index (χ1n) is 7.20. The minimum atomic E-state index is -0.748. The fraction of sp³-hybridized carbons (Fsp3) is 0.118. The summed E-state index contributed by atoms with van der Waals surface area (Å²) in [6.45, 7) is 1.78. The Kier molecular flexibility index (Phi) is 3.90. The molecule has 1 aliphatic rings. The van der Waals surface area contributed by atoms with E-state index in [2.05, 4.69) is 32.6 Å². The number of phenols is 1. The number of para-hydroxylation sites is 1. The highest BCUT2D eigenvalue weighted by Gasteiger charge is 2.16. The third-order valence-corrected chi connectivity index (χ3v) is 3.31. The van der Waals surface area contributed by atoms with Crippen molar-refractivity contribution in [3.8, 4) is 28.8 Å². The maximum atomic E-state index is 9.93. The molecule has 0 spiro atoms. The van der Waals surface area contributed by atoms with Crippen LogP contribution in [-0.2, 0) is 0 Å². The standard InChI is InChI=1S/C17H16N6O/c1-17(19)9-11(10-20-23-17)6-7-12-8-14(21-22-16(12)18)13-4-2-3-5-15(13)24/h2-5,8-10,23-24H,19H2,1H3,(H2,18,22). The van der Waals surface area contributed by atoms with E-state index in [1.165, 1.54) is 0 Å². The normalized spacial score (nSPS) is 19.0. The zero-order chi connectivity index (χ0) is 17.2. The molecule has 6 N–H and O–H groups in total. The Morgan fingerprint density at radius 2 is 2.00 bits per heavy atom. The number of allylic oxidation sites excluding steroid dienone is 1. The van der Waals surface area contributed by atoms with E-state index in [0.29, 0.717) is 22.4 Å². The number of hydrogen-bond donors (Lipinski definition) is 4. The van der Waals surface area contributed by atoms with Gasteiger partial charge in [0.2, 0.25) is 0 Å². The maximum Gasteiger partial charge on any atom is 0.161 e. The van der Waals surface area contributed by atoms with Crippen molar-refractivity contribution >= 4 is 12.0 Å². The first kappa shape index (κ1) is 15.5. The average molecular weight is 320 g/mol. The number of anilines is 1. The van der Waals surface area contributed by atoms with Gasteiger partial charge in [-0.25, -0.2) is 0 Å². The van der Waals surface area contributed by atoms with Crippen molar-refractivity contribution in [1.29, 1.82) is 0 Å². The van der Waals surface area contributed by atoms with Crippen LogP contribution in [0.15, 0.2) is 47.1 Å². The summed E-state index contributed by atoms with van der Waals surface area (Å²) in [6.07, 6.45) is 3.35. The van der Waals surface area contributed by atoms with E-state index in [-0.39, 0.29) is 11.6 Å². The van der Waals surface area contributed by atoms with Gasteiger partial charge < -0.3 is 16.6 Å². The van der Waals surface area contributed by atoms with Crippen LogP contribution in [0.4, 0.5) is 5.82 Å². The number of phenolic OH excluding ortho intramolecular Hbond substituents is 1. The Bertz CT molecular complexity index is 905. The molecule has 7 nitrogen and oxygen atoms in total. The molecule has 1 aromatic heterocycles. The summed E-state index contributed by atoms with van der Waals surface area (Å²) in [5.41, 5.74) is 16.0. The number of nitrogen functional groups attached to an aromatic ring is 1. The van der Waals surface area contributed by atoms with E-state index >= 15 is 0 Å². The molecule has 0 radical (unpaired) electrons. The van der Waals surface area contributed by atoms with Gasteiger partial charge in [-0.05, 0) is 31.2 Å². The maximum absolute atomic E-state index is 9.93. The molecule has 3 rings (SSSR count). The molecule has 0 fully saturated rings. The van der Waals surface area contributed by atoms with Crippen LogP contribution in [0.2, 0.25) is 0 Å². The van der Waals surface area contributed by atoms with Gasteiger partial charge in [-0.1, -0.05) is 24.0 Å². The van der Waals surface area contributed by atoms with E-state index in [1.807, 2.05) is 0 Å². The van der Waals surface area contributed by atoms with E-state index in [4.69, 9.17) is 11.5 Å². The molecule has 0 saturated heterocycles. The molecular formula is C17H16N6O. The van der Waals surface area contributed by atoms with Crippen LogP contribution in [0, 0.1) is 11.8 Å². The summed E-state index contributed by atoms with van der Waals surface area (Å²) >= 11 is 0. The Morgan fingerprint density at radius 1 is 1.21 bits per heavy atom. The van der Waals surface area contributed by atoms with Gasteiger partial charge in [-0.3, -0.25) is 5.43 Å². The number of hydrazone groups is 1. The second-order valence-electron chi connectivity index (χ2n) is 5.55. The third-order valence-electron chi connectivity index (χ3n) is 3.31. The molecule has 24 heavy (non-hydrogen) atoms. The molecule has 0 amide bonds. The molecule has 0 aliphatic carbocycles. The second-order valence-corrected chi connectivity index (χ2v) is 5.55. The first-order chi connectivity index (χ1) is 11.4. The van der Waals surface area contributed by atoms with Crippen LogP contribution in [-0.4, -0.2) is 27.2 Å². The number of hydrogen-bond acceptors (Lipinski definition) is 7. The molecule has 1 aliphatic heterocycles. The molecule has 1 unspecified atom stereocenters. The number of nitrogens with one attached hydrogen (secondary N) is 1. The summed E-state index contributed by atoms with van der Waals surface area (Å²) < 4.78 is 0. The Balaban J connectivity index is 1.97. The van der Waals surface area contributed by atoms with Gasteiger partial charge in [0.1, 0.15) is 11.4 Å². The molecule has 0 saturated carbocycles. The van der Waals surface area contributed by atoms with Gasteiger partial charge in [0.25, 0.3) is 0 Å². The molecule has 2 heterocycles. The number of aromatic nitrogens is 2. The summed E-state index contributed by atoms with van der Waals surface area (Å²) in [4.78, 5) is 0. The van der Waals surface area contributed by atoms with E-state index in [1.54, 1.807) is 49.5 Å². The first-order valence-corrected chi connectivity index (χ1v) is 7.20. The fourth-order valence-electron chi connectivity index (χ4n) is 2.16. The molecule has 2 aromatic rings. The van der Waals surface area contributed by atoms with Crippen molar-refractivity contribution in [1.82, 2.24) is 15.6 Å². The van der Waals surface area contributed by atoms with Crippen molar-refractivity contribution in [2.24, 2.45) is 10.8 Å². The lowest BCUT2D eigenvalue weighted by Gasteiger charge is -2.22. The smallest absolute Gasteiger partial charge is 0.161 e. The van der Waals surface area contributed by atoms with Gasteiger partial charge in [-0.15, -0.1) is 10.2 Å². The van der Waals surface area contributed by atoms with Gasteiger partial charge in [-0.2, -0.15) is 5.10 Å². The number of aromatic hydroxyl groups is 1. The molecular weight excluding hydrogens is 304 g/mol. The molecule has 1 aromatic carbocycles. The minimum absolute atomic E-state index is 0.113. The number of nitrogens with two attached hydrogens (primary N) is 2. The Morgan fingerprint density at radius 3 is 2.75 bits per heavy atom. The molecule has 7 heteroatoms. The lowest BCUT2D eigenvalue weighted by atomic mass is 10.1. The van der Waals surface area contributed by atoms with Gasteiger partial charge in [0.05, 0.1) is 17.5 Å². The lowest BCUT2D eigenvalue weighted by Crippen LogP contribution is -2.48. The third kappa shape index (κ3) is 3.34. The van der Waals surface area contributed by atoms with Crippen molar-refractivity contribution in [2.45, 2.75) is 12.6 Å². The quantitative estimate of drug-likeness (QED) is 0.581. The average Bonchev–Trinajstić information content (AvgIpc) is 2.54. The van der Waals surface area contributed by atoms with Crippen LogP contribution >= 0.6 is 0 Å². The predicted molar refractivity (Wildman–Crippen MR) is 92.7 cm³/mol. The fourth-order valence-corrected chi connectivity index (χ4v) is 2.16. The van der Waals surface area contributed by atoms with Crippen LogP contribution in [0.25, 0.3) is 11.3 Å². The lowest BCUT2D eigenvalue weighted by molar-refractivity contribution is 0.465. The summed E-state index contributed by atoms with van der Waals surface area (Å²) in [5, 5.41) is 21.8. The Hall–Kier alpha value is -3.37. The zero-order valence-electron chi connectivity index (χ0n) is 13.0. The van der Waals surface area contributed by atoms with Crippen LogP contribution in [0.5, 0.6) is 5.75 Å². The highest BCUT2D eigenvalue weighted by atomic mass is 16.3. The van der Waals surface area contributed by atoms with Crippen molar-refractivity contribution in [3.05, 3.63) is 47.5 Å². The number of rotatable bonds is 1. The van der Waals surface area contributed by atoms with Gasteiger partial charge >= 0.3 is 0 Å². The Labute approximate surface area is 139 Å². The minimum Gasteiger partial charge on any atom is -0.507 e. The van der Waals surface area contributed by atoms with Gasteiger partial charge in [0.15, 0.2) is 5.82 Å². The van der Waals surface area contributed by atoms with E-state index in [9.17, 15) is 5.11 Å². The van der Waals surface area contributed by atoms with Crippen LogP contribution in [0.3, 0.4) is 0 Å². The van der Waals surface area contributed by atoms with Crippen molar-refractivity contribution in [2.75, 3.05) is 5.73 Å². The van der Waals surface area contributed by atoms with Crippen LogP contribution < -0.4 is 16.9 Å². The summed E-state index contributed by atoms with van der Waals surface area (Å²) in [7, 11) is 0. The SMILES string of the molecule is CC1(N)C=C(C#Cc2cc(-c3ccccc3O)nnc2N)C=NN1. The van der Waals surface area contributed by atoms with E-state index in [0.717, 1.165) is 0 Å². The highest BCUT2D eigenvalue weighted by molar-refractivity contribution is 5.86. The highest BCUT2D eigenvalue weighted by Crippen LogP contribution is 2.27. The van der Waals surface area contributed by atoms with Gasteiger partial charge in [0, 0.05) is 11.1 Å². The summed E-state index contributed by atoms with van der Waals surface area (Å²) in [6, 6.07) is 8.55. The van der Waals surface area contributed by atoms with Crippen molar-refractivity contribution in [3.63, 3.8) is 0 Å². The predicted octanol–water partition coefficient (Wildman–Crippen LogP) is 0.973. The number of nitrogens with zero attached hydrogens (tertiary/aromatic N) is 3. The topological polar surface area (TPSA) is 122 Å². The monoisotopic (exact) mass is 320 g/mol. The summed E-state index contributed by atoms with van der Waals surface area (Å²) in [5.74, 6) is 6.23. The van der Waals surface area contributed by atoms with Crippen molar-refractivity contribution < 1.29 is 5.11 Å². The number of benzene rings is 1. The van der Waals surface area contributed by atoms with Crippen LogP contribution in [0.1, 0.15) is 12.5 Å². The molecule has 1 atom stereocenters. The largest absolute Gasteiger partial charge is 0.507 e. The molecule has 0 bridgehead atoms. The second kappa shape index (κ2) is 6.02.